The topological polar surface area (TPSA) is 64.7 Å². The molecule has 1 atom stereocenters. The number of hydrogen-bond donors (Lipinski definition) is 1. The van der Waals surface area contributed by atoms with Crippen molar-refractivity contribution in [2.45, 2.75) is 13.0 Å². The Kier molecular flexibility index (Phi) is 1.81. The highest BCUT2D eigenvalue weighted by atomic mass is 32.1. The van der Waals surface area contributed by atoms with Crippen LogP contribution in [0.5, 0.6) is 0 Å². The summed E-state index contributed by atoms with van der Waals surface area (Å²) in [4.78, 5) is 15.4. The quantitative estimate of drug-likeness (QED) is 0.742. The highest BCUT2D eigenvalue weighted by Gasteiger charge is 2.29. The summed E-state index contributed by atoms with van der Waals surface area (Å²) in [5.74, 6) is 0.242. The van der Waals surface area contributed by atoms with Crippen LogP contribution in [0.15, 0.2) is 16.4 Å². The molecule has 0 spiro atoms. The number of ether oxygens (including phenoxy) is 1. The van der Waals surface area contributed by atoms with Gasteiger partial charge in [-0.2, -0.15) is 4.99 Å². The number of amidine groups is 1. The van der Waals surface area contributed by atoms with Crippen molar-refractivity contribution < 1.29 is 9.53 Å². The highest BCUT2D eigenvalue weighted by Crippen LogP contribution is 2.28. The number of amides is 1. The Morgan fingerprint density at radius 1 is 1.69 bits per heavy atom. The molecule has 13 heavy (non-hydrogen) atoms. The molecular formula is C8H8N2O2S. The fraction of sp³-hybridized carbons (Fsp3) is 0.250. The van der Waals surface area contributed by atoms with Gasteiger partial charge in [0.1, 0.15) is 0 Å². The van der Waals surface area contributed by atoms with Crippen LogP contribution in [0.3, 0.4) is 0 Å². The molecule has 1 unspecified atom stereocenters. The minimum Gasteiger partial charge on any atom is -0.431 e. The van der Waals surface area contributed by atoms with E-state index in [1.165, 1.54) is 0 Å². The number of rotatable bonds is 1. The van der Waals surface area contributed by atoms with Crippen LogP contribution in [-0.2, 0) is 4.74 Å². The Morgan fingerprint density at radius 3 is 2.92 bits per heavy atom. The lowest BCUT2D eigenvalue weighted by Gasteiger charge is -2.08. The Bertz CT molecular complexity index is 383. The Hall–Kier alpha value is -1.36. The van der Waals surface area contributed by atoms with Gasteiger partial charge in [0, 0.05) is 10.4 Å². The minimum atomic E-state index is -0.604. The Labute approximate surface area is 79.0 Å². The number of thiophene rings is 1. The molecule has 1 aliphatic rings. The summed E-state index contributed by atoms with van der Waals surface area (Å²) in [6.45, 7) is 1.96. The van der Waals surface area contributed by atoms with Gasteiger partial charge in [0.25, 0.3) is 0 Å². The van der Waals surface area contributed by atoms with Crippen molar-refractivity contribution in [2.75, 3.05) is 0 Å². The van der Waals surface area contributed by atoms with E-state index in [0.717, 1.165) is 10.4 Å². The van der Waals surface area contributed by atoms with Gasteiger partial charge >= 0.3 is 6.09 Å². The van der Waals surface area contributed by atoms with E-state index in [9.17, 15) is 4.79 Å². The number of nitrogens with two attached hydrogens (primary N) is 1. The lowest BCUT2D eigenvalue weighted by atomic mass is 10.1. The molecule has 1 aromatic heterocycles. The predicted octanol–water partition coefficient (Wildman–Crippen LogP) is 1.61. The first kappa shape index (κ1) is 8.25. The van der Waals surface area contributed by atoms with Crippen LogP contribution in [0.2, 0.25) is 0 Å². The second-order valence-electron chi connectivity index (χ2n) is 2.73. The van der Waals surface area contributed by atoms with Gasteiger partial charge in [0.15, 0.2) is 11.9 Å². The monoisotopic (exact) mass is 196 g/mol. The molecule has 0 saturated carbocycles. The van der Waals surface area contributed by atoms with Gasteiger partial charge in [-0.25, -0.2) is 4.79 Å². The zero-order chi connectivity index (χ0) is 9.42. The SMILES string of the molecule is Cc1sccc1C1OC(=O)N=C1N. The third-order valence-corrected chi connectivity index (χ3v) is 2.75. The van der Waals surface area contributed by atoms with E-state index >= 15 is 0 Å². The third kappa shape index (κ3) is 1.31. The van der Waals surface area contributed by atoms with Gasteiger partial charge < -0.3 is 10.5 Å². The van der Waals surface area contributed by atoms with Crippen LogP contribution < -0.4 is 5.73 Å². The van der Waals surface area contributed by atoms with Crippen molar-refractivity contribution in [1.29, 1.82) is 0 Å². The second kappa shape index (κ2) is 2.85. The van der Waals surface area contributed by atoms with Gasteiger partial charge in [-0.15, -0.1) is 11.3 Å². The molecule has 68 valence electrons. The summed E-state index contributed by atoms with van der Waals surface area (Å²) in [6, 6.07) is 1.89. The van der Waals surface area contributed by atoms with Gasteiger partial charge in [-0.1, -0.05) is 0 Å². The zero-order valence-corrected chi connectivity index (χ0v) is 7.80. The third-order valence-electron chi connectivity index (χ3n) is 1.89. The lowest BCUT2D eigenvalue weighted by molar-refractivity contribution is 0.149. The molecule has 1 aromatic rings. The molecular weight excluding hydrogens is 188 g/mol. The molecule has 0 radical (unpaired) electrons. The second-order valence-corrected chi connectivity index (χ2v) is 3.85. The van der Waals surface area contributed by atoms with Crippen molar-refractivity contribution in [3.05, 3.63) is 21.9 Å². The number of cyclic esters (lactones) is 1. The van der Waals surface area contributed by atoms with Crippen molar-refractivity contribution in [3.63, 3.8) is 0 Å². The van der Waals surface area contributed by atoms with E-state index in [2.05, 4.69) is 4.99 Å². The molecule has 1 amide bonds. The normalized spacial score (nSPS) is 21.5. The lowest BCUT2D eigenvalue weighted by Crippen LogP contribution is -2.18. The fourth-order valence-corrected chi connectivity index (χ4v) is 1.97. The molecule has 0 aromatic carbocycles. The molecule has 4 nitrogen and oxygen atoms in total. The zero-order valence-electron chi connectivity index (χ0n) is 6.98. The van der Waals surface area contributed by atoms with Gasteiger partial charge in [-0.05, 0) is 18.4 Å². The van der Waals surface area contributed by atoms with Crippen molar-refractivity contribution in [1.82, 2.24) is 0 Å². The molecule has 2 N–H and O–H groups in total. The molecule has 5 heteroatoms. The van der Waals surface area contributed by atoms with E-state index in [-0.39, 0.29) is 5.84 Å². The number of aliphatic imine (C=N–C) groups is 1. The fourth-order valence-electron chi connectivity index (χ4n) is 1.24. The standard InChI is InChI=1S/C8H8N2O2S/c1-4-5(2-3-13-4)6-7(9)10-8(11)12-6/h2-3,6H,1H3,(H2,9,10,11). The Balaban J connectivity index is 2.35. The average molecular weight is 196 g/mol. The predicted molar refractivity (Wildman–Crippen MR) is 49.9 cm³/mol. The van der Waals surface area contributed by atoms with Gasteiger partial charge in [0.05, 0.1) is 0 Å². The summed E-state index contributed by atoms with van der Waals surface area (Å²) in [5.41, 5.74) is 6.47. The van der Waals surface area contributed by atoms with E-state index in [0.29, 0.717) is 0 Å². The maximum absolute atomic E-state index is 10.8. The minimum absolute atomic E-state index is 0.242. The molecule has 2 heterocycles. The summed E-state index contributed by atoms with van der Waals surface area (Å²) in [5, 5.41) is 1.93. The maximum atomic E-state index is 10.8. The first-order chi connectivity index (χ1) is 6.18. The number of hydrogen-bond acceptors (Lipinski definition) is 4. The average Bonchev–Trinajstić information content (AvgIpc) is 2.58. The van der Waals surface area contributed by atoms with Crippen molar-refractivity contribution >= 4 is 23.3 Å². The van der Waals surface area contributed by atoms with Crippen LogP contribution in [0, 0.1) is 6.92 Å². The number of carbonyl (C=O) groups is 1. The summed E-state index contributed by atoms with van der Waals surface area (Å²) in [7, 11) is 0. The first-order valence-corrected chi connectivity index (χ1v) is 4.65. The Morgan fingerprint density at radius 2 is 2.46 bits per heavy atom. The van der Waals surface area contributed by atoms with Crippen LogP contribution in [-0.4, -0.2) is 11.9 Å². The molecule has 0 fully saturated rings. The van der Waals surface area contributed by atoms with Crippen LogP contribution in [0.4, 0.5) is 4.79 Å². The van der Waals surface area contributed by atoms with Crippen molar-refractivity contribution in [3.8, 4) is 0 Å². The van der Waals surface area contributed by atoms with Crippen LogP contribution in [0.1, 0.15) is 16.5 Å². The molecule has 0 bridgehead atoms. The van der Waals surface area contributed by atoms with E-state index < -0.39 is 12.2 Å². The van der Waals surface area contributed by atoms with E-state index in [1.54, 1.807) is 11.3 Å². The smallest absolute Gasteiger partial charge is 0.431 e. The highest BCUT2D eigenvalue weighted by molar-refractivity contribution is 7.10. The molecule has 2 rings (SSSR count). The number of carbonyl (C=O) groups excluding carboxylic acids is 1. The molecule has 0 aliphatic carbocycles. The molecule has 1 aliphatic heterocycles. The van der Waals surface area contributed by atoms with Gasteiger partial charge in [-0.3, -0.25) is 0 Å². The van der Waals surface area contributed by atoms with Crippen LogP contribution in [0.25, 0.3) is 0 Å². The number of aryl methyl sites for hydroxylation is 1. The summed E-state index contributed by atoms with van der Waals surface area (Å²) in [6.07, 6.45) is -1.08. The first-order valence-electron chi connectivity index (χ1n) is 3.77. The summed E-state index contributed by atoms with van der Waals surface area (Å²) >= 11 is 1.59. The van der Waals surface area contributed by atoms with E-state index in [4.69, 9.17) is 10.5 Å². The van der Waals surface area contributed by atoms with Gasteiger partial charge in [0.2, 0.25) is 0 Å². The maximum Gasteiger partial charge on any atom is 0.436 e. The molecule has 0 saturated heterocycles. The van der Waals surface area contributed by atoms with Crippen LogP contribution >= 0.6 is 11.3 Å². The van der Waals surface area contributed by atoms with Crippen molar-refractivity contribution in [2.24, 2.45) is 10.7 Å². The number of nitrogens with zero attached hydrogens (tertiary/aromatic N) is 1. The van der Waals surface area contributed by atoms with E-state index in [1.807, 2.05) is 18.4 Å². The summed E-state index contributed by atoms with van der Waals surface area (Å²) < 4.78 is 4.94. The largest absolute Gasteiger partial charge is 0.436 e.